The number of aliphatic hydroxyl groups is 1. The Kier molecular flexibility index (Phi) is 5.84. The summed E-state index contributed by atoms with van der Waals surface area (Å²) in [6.07, 6.45) is 0. The van der Waals surface area contributed by atoms with E-state index < -0.39 is 29.5 Å². The monoisotopic (exact) mass is 410 g/mol. The molecule has 3 atom stereocenters. The molecule has 0 bridgehead atoms. The second-order valence-corrected chi connectivity index (χ2v) is 6.27. The molecule has 1 unspecified atom stereocenters. The molecule has 1 heterocycles. The van der Waals surface area contributed by atoms with Gasteiger partial charge in [0.1, 0.15) is 11.8 Å². The number of aliphatic imine (C=N–C) groups is 1. The minimum atomic E-state index is -2.75. The number of methoxy groups -OCH3 is 2. The van der Waals surface area contributed by atoms with Crippen molar-refractivity contribution in [3.05, 3.63) is 82.2 Å². The van der Waals surface area contributed by atoms with Gasteiger partial charge in [-0.05, 0) is 11.1 Å². The summed E-state index contributed by atoms with van der Waals surface area (Å²) in [6, 6.07) is 15.0. The van der Waals surface area contributed by atoms with Gasteiger partial charge in [0.15, 0.2) is 0 Å². The first-order valence-corrected chi connectivity index (χ1v) is 8.77. The van der Waals surface area contributed by atoms with Crippen LogP contribution < -0.4 is 0 Å². The molecule has 10 heteroatoms. The van der Waals surface area contributed by atoms with Crippen LogP contribution >= 0.6 is 0 Å². The van der Waals surface area contributed by atoms with E-state index in [-0.39, 0.29) is 5.71 Å². The fourth-order valence-electron chi connectivity index (χ4n) is 3.19. The predicted octanol–water partition coefficient (Wildman–Crippen LogP) is 2.29. The van der Waals surface area contributed by atoms with Crippen LogP contribution in [0.5, 0.6) is 0 Å². The highest BCUT2D eigenvalue weighted by Crippen LogP contribution is 2.44. The standard InChI is InChI=1S/C20H18N4O6/c1-28-17(25)19(15(23-24-21)13-9-5-3-6-10-13)22-16(14-11-7-4-8-12-14)20(27,30-19)18(26)29-2/h3-12,15,27H,1-2H3/t15?,19-,20-/m1/s1. The molecule has 0 spiro atoms. The van der Waals surface area contributed by atoms with Gasteiger partial charge in [0.2, 0.25) is 0 Å². The van der Waals surface area contributed by atoms with Gasteiger partial charge in [0.05, 0.1) is 14.2 Å². The van der Waals surface area contributed by atoms with Crippen LogP contribution in [0.4, 0.5) is 0 Å². The lowest BCUT2D eigenvalue weighted by Crippen LogP contribution is -2.53. The maximum atomic E-state index is 12.9. The Morgan fingerprint density at radius 1 is 1.07 bits per heavy atom. The van der Waals surface area contributed by atoms with Crippen LogP contribution in [0.2, 0.25) is 0 Å². The normalized spacial score (nSPS) is 23.6. The third-order valence-corrected chi connectivity index (χ3v) is 4.54. The zero-order valence-electron chi connectivity index (χ0n) is 16.1. The average Bonchev–Trinajstić information content (AvgIpc) is 3.12. The number of hydrogen-bond acceptors (Lipinski definition) is 8. The van der Waals surface area contributed by atoms with Crippen LogP contribution in [-0.4, -0.2) is 48.5 Å². The summed E-state index contributed by atoms with van der Waals surface area (Å²) in [7, 11) is 2.13. The van der Waals surface area contributed by atoms with Gasteiger partial charge in [-0.15, -0.1) is 0 Å². The summed E-state index contributed by atoms with van der Waals surface area (Å²) in [5.74, 6) is -5.02. The van der Waals surface area contributed by atoms with Gasteiger partial charge in [0.25, 0.3) is 5.72 Å². The van der Waals surface area contributed by atoms with E-state index >= 15 is 0 Å². The van der Waals surface area contributed by atoms with Crippen molar-refractivity contribution in [3.63, 3.8) is 0 Å². The third kappa shape index (κ3) is 3.39. The minimum absolute atomic E-state index is 0.283. The Balaban J connectivity index is 2.31. The molecule has 0 radical (unpaired) electrons. The summed E-state index contributed by atoms with van der Waals surface area (Å²) < 4.78 is 15.2. The summed E-state index contributed by atoms with van der Waals surface area (Å²) in [5, 5.41) is 14.8. The quantitative estimate of drug-likeness (QED) is 0.335. The lowest BCUT2D eigenvalue weighted by molar-refractivity contribution is -0.233. The molecule has 3 rings (SSSR count). The average molecular weight is 410 g/mol. The minimum Gasteiger partial charge on any atom is -0.465 e. The number of esters is 2. The molecule has 2 aromatic carbocycles. The van der Waals surface area contributed by atoms with E-state index in [9.17, 15) is 14.7 Å². The Bertz CT molecular complexity index is 1020. The number of ether oxygens (including phenoxy) is 3. The molecule has 0 amide bonds. The van der Waals surface area contributed by atoms with Gasteiger partial charge in [-0.25, -0.2) is 14.6 Å². The molecule has 0 aliphatic carbocycles. The lowest BCUT2D eigenvalue weighted by atomic mass is 9.97. The van der Waals surface area contributed by atoms with Crippen molar-refractivity contribution in [1.29, 1.82) is 0 Å². The Morgan fingerprint density at radius 2 is 1.63 bits per heavy atom. The van der Waals surface area contributed by atoms with E-state index in [0.717, 1.165) is 14.2 Å². The van der Waals surface area contributed by atoms with Gasteiger partial charge in [-0.3, -0.25) is 4.74 Å². The summed E-state index contributed by atoms with van der Waals surface area (Å²) in [5.41, 5.74) is 7.13. The molecule has 1 aliphatic rings. The SMILES string of the molecule is COC(=O)[C@]1(O)O[C@@](C(=O)OC)(C(N=[N+]=[N-])c2ccccc2)N=C1c1ccccc1. The van der Waals surface area contributed by atoms with Crippen LogP contribution in [0, 0.1) is 0 Å². The van der Waals surface area contributed by atoms with Crippen LogP contribution in [0.3, 0.4) is 0 Å². The van der Waals surface area contributed by atoms with Crippen molar-refractivity contribution in [1.82, 2.24) is 0 Å². The molecule has 0 aromatic heterocycles. The Hall–Kier alpha value is -3.72. The van der Waals surface area contributed by atoms with Gasteiger partial charge >= 0.3 is 17.7 Å². The first kappa shape index (κ1) is 21.0. The third-order valence-electron chi connectivity index (χ3n) is 4.54. The van der Waals surface area contributed by atoms with Crippen molar-refractivity contribution in [2.75, 3.05) is 14.2 Å². The zero-order valence-corrected chi connectivity index (χ0v) is 16.1. The van der Waals surface area contributed by atoms with Crippen LogP contribution in [0.15, 0.2) is 70.8 Å². The summed E-state index contributed by atoms with van der Waals surface area (Å²) >= 11 is 0. The summed E-state index contributed by atoms with van der Waals surface area (Å²) in [6.45, 7) is 0. The molecule has 2 aromatic rings. The fourth-order valence-corrected chi connectivity index (χ4v) is 3.19. The van der Waals surface area contributed by atoms with Crippen molar-refractivity contribution >= 4 is 17.7 Å². The van der Waals surface area contributed by atoms with Gasteiger partial charge in [-0.1, -0.05) is 65.8 Å². The Morgan fingerprint density at radius 3 is 2.17 bits per heavy atom. The van der Waals surface area contributed by atoms with Gasteiger partial charge in [-0.2, -0.15) is 0 Å². The van der Waals surface area contributed by atoms with Crippen molar-refractivity contribution < 1.29 is 28.9 Å². The lowest BCUT2D eigenvalue weighted by Gasteiger charge is -2.31. The number of azide groups is 1. The van der Waals surface area contributed by atoms with E-state index in [1.165, 1.54) is 0 Å². The second-order valence-electron chi connectivity index (χ2n) is 6.27. The van der Waals surface area contributed by atoms with Crippen molar-refractivity contribution in [2.45, 2.75) is 17.6 Å². The van der Waals surface area contributed by atoms with Gasteiger partial charge in [0, 0.05) is 10.5 Å². The zero-order chi connectivity index (χ0) is 21.8. The van der Waals surface area contributed by atoms with Crippen molar-refractivity contribution in [2.24, 2.45) is 10.1 Å². The Labute approximate surface area is 171 Å². The number of rotatable bonds is 6. The number of nitrogens with zero attached hydrogens (tertiary/aromatic N) is 4. The fraction of sp³-hybridized carbons (Fsp3) is 0.250. The second kappa shape index (κ2) is 8.34. The number of carbonyl (C=O) groups is 2. The van der Waals surface area contributed by atoms with E-state index in [1.807, 2.05) is 0 Å². The van der Waals surface area contributed by atoms with E-state index in [1.54, 1.807) is 60.7 Å². The molecular formula is C20H18N4O6. The molecule has 1 aliphatic heterocycles. The maximum Gasteiger partial charge on any atom is 0.373 e. The molecule has 154 valence electrons. The van der Waals surface area contributed by atoms with Crippen LogP contribution in [0.1, 0.15) is 17.2 Å². The number of carbonyl (C=O) groups excluding carboxylic acids is 2. The topological polar surface area (TPSA) is 143 Å². The first-order chi connectivity index (χ1) is 14.4. The van der Waals surface area contributed by atoms with Crippen molar-refractivity contribution in [3.8, 4) is 0 Å². The van der Waals surface area contributed by atoms with E-state index in [4.69, 9.17) is 19.7 Å². The van der Waals surface area contributed by atoms with E-state index in [2.05, 4.69) is 15.0 Å². The molecular weight excluding hydrogens is 392 g/mol. The number of hydrogen-bond donors (Lipinski definition) is 1. The number of benzene rings is 2. The highest BCUT2D eigenvalue weighted by molar-refractivity contribution is 6.19. The first-order valence-electron chi connectivity index (χ1n) is 8.77. The molecule has 30 heavy (non-hydrogen) atoms. The molecule has 1 N–H and O–H groups in total. The van der Waals surface area contributed by atoms with Crippen LogP contribution in [-0.2, 0) is 23.8 Å². The molecule has 0 saturated carbocycles. The predicted molar refractivity (Wildman–Crippen MR) is 104 cm³/mol. The largest absolute Gasteiger partial charge is 0.465 e. The highest BCUT2D eigenvalue weighted by atomic mass is 16.7. The highest BCUT2D eigenvalue weighted by Gasteiger charge is 2.64. The summed E-state index contributed by atoms with van der Waals surface area (Å²) in [4.78, 5) is 32.5. The maximum absolute atomic E-state index is 12.9. The molecule has 10 nitrogen and oxygen atoms in total. The van der Waals surface area contributed by atoms with E-state index in [0.29, 0.717) is 11.1 Å². The molecule has 0 fully saturated rings. The van der Waals surface area contributed by atoms with Crippen LogP contribution in [0.25, 0.3) is 10.4 Å². The van der Waals surface area contributed by atoms with Gasteiger partial charge < -0.3 is 14.6 Å². The smallest absolute Gasteiger partial charge is 0.373 e. The molecule has 0 saturated heterocycles.